The number of fused-ring (bicyclic) bond motifs is 8. The molecule has 11 aromatic rings. The summed E-state index contributed by atoms with van der Waals surface area (Å²) in [6, 6.07) is 62.9. The van der Waals surface area contributed by atoms with Gasteiger partial charge in [0.05, 0.1) is 33.5 Å². The predicted molar refractivity (Wildman–Crippen MR) is 221 cm³/mol. The lowest BCUT2D eigenvalue weighted by Crippen LogP contribution is -1.97. The second-order valence-electron chi connectivity index (χ2n) is 13.6. The Balaban J connectivity index is 1.15. The molecule has 0 fully saturated rings. The summed E-state index contributed by atoms with van der Waals surface area (Å²) in [5, 5.41) is 5.36. The van der Waals surface area contributed by atoms with Gasteiger partial charge in [-0.1, -0.05) is 140 Å². The first-order valence-electron chi connectivity index (χ1n) is 18.1. The number of hydrogen-bond acceptors (Lipinski definition) is 4. The molecule has 0 spiro atoms. The van der Waals surface area contributed by atoms with Crippen LogP contribution in [0, 0.1) is 0 Å². The molecule has 11 rings (SSSR count). The molecule has 0 aliphatic rings. The number of aromatic nitrogens is 4. The molecule has 0 radical (unpaired) electrons. The zero-order chi connectivity index (χ0) is 35.6. The summed E-state index contributed by atoms with van der Waals surface area (Å²) in [4.78, 5) is 15.5. The second-order valence-corrected chi connectivity index (χ2v) is 13.6. The predicted octanol–water partition coefficient (Wildman–Crippen LogP) is 12.7. The summed E-state index contributed by atoms with van der Waals surface area (Å²) in [5.74, 6) is 0.694. The van der Waals surface area contributed by atoms with Crippen molar-refractivity contribution in [2.24, 2.45) is 0 Å². The first-order chi connectivity index (χ1) is 26.8. The highest BCUT2D eigenvalue weighted by Gasteiger charge is 2.25. The van der Waals surface area contributed by atoms with Crippen LogP contribution in [0.2, 0.25) is 0 Å². The molecule has 0 aliphatic heterocycles. The number of hydrogen-bond donors (Lipinski definition) is 0. The monoisotopic (exact) mass is 690 g/mol. The van der Waals surface area contributed by atoms with Crippen molar-refractivity contribution in [3.8, 4) is 50.8 Å². The molecule has 5 nitrogen and oxygen atoms in total. The van der Waals surface area contributed by atoms with Crippen LogP contribution in [0.15, 0.2) is 186 Å². The topological polar surface area (TPSA) is 56.7 Å². The average molecular weight is 691 g/mol. The largest absolute Gasteiger partial charge is 0.453 e. The average Bonchev–Trinajstić information content (AvgIpc) is 3.79. The lowest BCUT2D eigenvalue weighted by atomic mass is 9.98. The Morgan fingerprint density at radius 3 is 1.83 bits per heavy atom. The number of rotatable bonds is 5. The molecule has 0 amide bonds. The van der Waals surface area contributed by atoms with E-state index >= 15 is 0 Å². The van der Waals surface area contributed by atoms with E-state index in [1.807, 2.05) is 42.5 Å². The number of nitrogens with zero attached hydrogens (tertiary/aromatic N) is 4. The standard InChI is InChI=1S/C49H30N4O/c1-3-15-32(16-4-1)41-30-42(52-49(51-41)34-17-5-2-6-18-34)33-26-28-35(29-27-33)53-43-25-12-10-22-39(43)48-46(53)44-45(37-23-13-19-31-14-7-8-20-36(31)37)50-40-24-11-9-21-38(40)47(44)54-48/h1-30H. The molecule has 7 aromatic carbocycles. The summed E-state index contributed by atoms with van der Waals surface area (Å²) >= 11 is 0. The normalized spacial score (nSPS) is 11.7. The fraction of sp³-hybridized carbons (Fsp3) is 0. The van der Waals surface area contributed by atoms with Crippen molar-refractivity contribution in [2.45, 2.75) is 0 Å². The zero-order valence-electron chi connectivity index (χ0n) is 29.0. The van der Waals surface area contributed by atoms with E-state index in [0.29, 0.717) is 5.82 Å². The summed E-state index contributed by atoms with van der Waals surface area (Å²) in [5.41, 5.74) is 12.4. The van der Waals surface area contributed by atoms with Crippen LogP contribution in [0.5, 0.6) is 0 Å². The Morgan fingerprint density at radius 2 is 1.06 bits per heavy atom. The molecule has 0 aliphatic carbocycles. The van der Waals surface area contributed by atoms with Crippen LogP contribution in [-0.4, -0.2) is 19.5 Å². The van der Waals surface area contributed by atoms with Gasteiger partial charge in [-0.05, 0) is 53.2 Å². The van der Waals surface area contributed by atoms with E-state index in [9.17, 15) is 0 Å². The number of para-hydroxylation sites is 2. The molecule has 4 heterocycles. The van der Waals surface area contributed by atoms with Crippen LogP contribution in [-0.2, 0) is 0 Å². The second kappa shape index (κ2) is 12.1. The van der Waals surface area contributed by atoms with E-state index in [-0.39, 0.29) is 0 Å². The third kappa shape index (κ3) is 4.76. The Labute approximate surface area is 310 Å². The Morgan fingerprint density at radius 1 is 0.444 bits per heavy atom. The molecule has 0 unspecified atom stereocenters. The minimum absolute atomic E-state index is 0.694. The van der Waals surface area contributed by atoms with E-state index in [4.69, 9.17) is 19.4 Å². The van der Waals surface area contributed by atoms with Gasteiger partial charge in [0.25, 0.3) is 0 Å². The van der Waals surface area contributed by atoms with E-state index in [1.54, 1.807) is 0 Å². The molecule has 252 valence electrons. The highest BCUT2D eigenvalue weighted by atomic mass is 16.3. The summed E-state index contributed by atoms with van der Waals surface area (Å²) < 4.78 is 9.31. The van der Waals surface area contributed by atoms with Crippen molar-refractivity contribution in [1.82, 2.24) is 19.5 Å². The quantitative estimate of drug-likeness (QED) is 0.180. The van der Waals surface area contributed by atoms with E-state index in [1.165, 1.54) is 5.39 Å². The van der Waals surface area contributed by atoms with E-state index < -0.39 is 0 Å². The number of furan rings is 1. The van der Waals surface area contributed by atoms with E-state index in [2.05, 4.69) is 144 Å². The van der Waals surface area contributed by atoms with Crippen LogP contribution in [0.25, 0.3) is 105 Å². The molecule has 54 heavy (non-hydrogen) atoms. The molecule has 0 bridgehead atoms. The van der Waals surface area contributed by atoms with Gasteiger partial charge in [-0.3, -0.25) is 0 Å². The van der Waals surface area contributed by atoms with Crippen LogP contribution in [0.1, 0.15) is 0 Å². The molecule has 4 aromatic heterocycles. The Bertz CT molecular complexity index is 3140. The van der Waals surface area contributed by atoms with Gasteiger partial charge in [0, 0.05) is 38.7 Å². The molecular formula is C49H30N4O. The summed E-state index contributed by atoms with van der Waals surface area (Å²) in [6.45, 7) is 0. The summed E-state index contributed by atoms with van der Waals surface area (Å²) in [6.07, 6.45) is 0. The van der Waals surface area contributed by atoms with Crippen molar-refractivity contribution in [3.63, 3.8) is 0 Å². The van der Waals surface area contributed by atoms with Crippen LogP contribution in [0.3, 0.4) is 0 Å². The highest BCUT2D eigenvalue weighted by molar-refractivity contribution is 6.25. The lowest BCUT2D eigenvalue weighted by Gasteiger charge is -2.13. The van der Waals surface area contributed by atoms with Gasteiger partial charge in [0.2, 0.25) is 0 Å². The van der Waals surface area contributed by atoms with Crippen molar-refractivity contribution >= 4 is 54.6 Å². The molecule has 5 heteroatoms. The van der Waals surface area contributed by atoms with Gasteiger partial charge >= 0.3 is 0 Å². The molecule has 0 atom stereocenters. The molecule has 0 saturated heterocycles. The number of pyridine rings is 1. The minimum atomic E-state index is 0.694. The van der Waals surface area contributed by atoms with Gasteiger partial charge in [-0.15, -0.1) is 0 Å². The maximum atomic E-state index is 6.98. The van der Waals surface area contributed by atoms with Crippen molar-refractivity contribution in [2.75, 3.05) is 0 Å². The Kier molecular flexibility index (Phi) is 6.79. The Hall–Kier alpha value is -7.37. The van der Waals surface area contributed by atoms with Crippen LogP contribution >= 0.6 is 0 Å². The van der Waals surface area contributed by atoms with Gasteiger partial charge in [0.15, 0.2) is 11.4 Å². The fourth-order valence-corrected chi connectivity index (χ4v) is 7.89. The summed E-state index contributed by atoms with van der Waals surface area (Å²) in [7, 11) is 0. The van der Waals surface area contributed by atoms with Crippen LogP contribution in [0.4, 0.5) is 0 Å². The van der Waals surface area contributed by atoms with Gasteiger partial charge < -0.3 is 8.98 Å². The SMILES string of the molecule is c1ccc(-c2cc(-c3ccc(-n4c5ccccc5c5oc6c7ccccc7nc(-c7cccc8ccccc78)c6c54)cc3)nc(-c3ccccc3)n2)cc1. The smallest absolute Gasteiger partial charge is 0.161 e. The third-order valence-corrected chi connectivity index (χ3v) is 10.4. The molecule has 0 N–H and O–H groups in total. The van der Waals surface area contributed by atoms with Gasteiger partial charge in [-0.25, -0.2) is 15.0 Å². The van der Waals surface area contributed by atoms with Crippen molar-refractivity contribution in [3.05, 3.63) is 182 Å². The fourth-order valence-electron chi connectivity index (χ4n) is 7.89. The zero-order valence-corrected chi connectivity index (χ0v) is 29.0. The maximum absolute atomic E-state index is 6.98. The highest BCUT2D eigenvalue weighted by Crippen LogP contribution is 2.45. The molecular weight excluding hydrogens is 661 g/mol. The first-order valence-corrected chi connectivity index (χ1v) is 18.1. The number of benzene rings is 7. The van der Waals surface area contributed by atoms with Crippen molar-refractivity contribution in [1.29, 1.82) is 0 Å². The van der Waals surface area contributed by atoms with Gasteiger partial charge in [0.1, 0.15) is 11.1 Å². The maximum Gasteiger partial charge on any atom is 0.161 e. The minimum Gasteiger partial charge on any atom is -0.453 e. The first kappa shape index (κ1) is 30.3. The third-order valence-electron chi connectivity index (χ3n) is 10.4. The van der Waals surface area contributed by atoms with Gasteiger partial charge in [-0.2, -0.15) is 0 Å². The molecule has 0 saturated carbocycles. The lowest BCUT2D eigenvalue weighted by molar-refractivity contribution is 0.676. The van der Waals surface area contributed by atoms with E-state index in [0.717, 1.165) is 94.3 Å². The van der Waals surface area contributed by atoms with Crippen molar-refractivity contribution < 1.29 is 4.42 Å². The van der Waals surface area contributed by atoms with Crippen LogP contribution < -0.4 is 0 Å².